The Kier molecular flexibility index (Phi) is 3.90. The topological polar surface area (TPSA) is 81.2 Å². The number of nitrogens with one attached hydrogen (secondary N) is 2. The molecule has 6 heteroatoms. The Morgan fingerprint density at radius 2 is 2.33 bits per heavy atom. The zero-order valence-electron chi connectivity index (χ0n) is 12.1. The first-order valence-corrected chi connectivity index (χ1v) is 7.28. The molecule has 0 radical (unpaired) electrons. The first-order chi connectivity index (χ1) is 10.2. The third kappa shape index (κ3) is 2.64. The number of fused-ring (bicyclic) bond motifs is 1. The van der Waals surface area contributed by atoms with Gasteiger partial charge in [-0.05, 0) is 25.0 Å². The van der Waals surface area contributed by atoms with E-state index in [2.05, 4.69) is 15.3 Å². The molecule has 1 aromatic heterocycles. The van der Waals surface area contributed by atoms with E-state index in [4.69, 9.17) is 0 Å². The molecule has 2 aromatic rings. The average Bonchev–Trinajstić information content (AvgIpc) is 2.49. The highest BCUT2D eigenvalue weighted by atomic mass is 16.3. The first kappa shape index (κ1) is 14.0. The van der Waals surface area contributed by atoms with Crippen LogP contribution in [0.1, 0.15) is 12.0 Å². The van der Waals surface area contributed by atoms with Crippen LogP contribution in [0.5, 0.6) is 0 Å². The Bertz CT molecular complexity index is 696. The molecule has 0 saturated carbocycles. The molecule has 1 unspecified atom stereocenters. The molecule has 1 aromatic carbocycles. The summed E-state index contributed by atoms with van der Waals surface area (Å²) in [5.74, 6) is 0.452. The number of aryl methyl sites for hydroxylation is 1. The van der Waals surface area contributed by atoms with E-state index in [9.17, 15) is 9.90 Å². The minimum absolute atomic E-state index is 0.0969. The molecule has 6 nitrogen and oxygen atoms in total. The number of H-pyrrole nitrogens is 1. The van der Waals surface area contributed by atoms with E-state index in [0.29, 0.717) is 12.2 Å². The fraction of sp³-hybridized carbons (Fsp3) is 0.467. The summed E-state index contributed by atoms with van der Waals surface area (Å²) in [6.07, 6.45) is 0.625. The standard InChI is InChI=1S/C15H20N4O2/c1-10-3-2-4-12-13(10)18-15(21)14(17-12)19-7-6-16-9-11(19)5-8-20/h2-4,11,16,20H,5-9H2,1H3,(H,18,21). The fourth-order valence-electron chi connectivity index (χ4n) is 2.88. The number of benzene rings is 1. The van der Waals surface area contributed by atoms with Gasteiger partial charge < -0.3 is 20.3 Å². The first-order valence-electron chi connectivity index (χ1n) is 7.28. The van der Waals surface area contributed by atoms with Crippen LogP contribution in [0.25, 0.3) is 11.0 Å². The van der Waals surface area contributed by atoms with Crippen LogP contribution >= 0.6 is 0 Å². The number of piperazine rings is 1. The summed E-state index contributed by atoms with van der Waals surface area (Å²) in [6.45, 7) is 4.35. The van der Waals surface area contributed by atoms with Gasteiger partial charge in [0, 0.05) is 32.3 Å². The van der Waals surface area contributed by atoms with Gasteiger partial charge in [0.2, 0.25) is 0 Å². The van der Waals surface area contributed by atoms with Crippen molar-refractivity contribution in [1.82, 2.24) is 15.3 Å². The molecule has 0 amide bonds. The van der Waals surface area contributed by atoms with Crippen molar-refractivity contribution >= 4 is 16.9 Å². The highest BCUT2D eigenvalue weighted by molar-refractivity contribution is 5.78. The molecule has 1 aliphatic heterocycles. The predicted octanol–water partition coefficient (Wildman–Crippen LogP) is 0.392. The molecule has 1 fully saturated rings. The molecular weight excluding hydrogens is 268 g/mol. The normalized spacial score (nSPS) is 19.1. The van der Waals surface area contributed by atoms with Crippen LogP contribution < -0.4 is 15.8 Å². The van der Waals surface area contributed by atoms with Crippen LogP contribution in [-0.2, 0) is 0 Å². The second kappa shape index (κ2) is 5.83. The lowest BCUT2D eigenvalue weighted by atomic mass is 10.1. The number of nitrogens with zero attached hydrogens (tertiary/aromatic N) is 2. The Balaban J connectivity index is 2.06. The summed E-state index contributed by atoms with van der Waals surface area (Å²) >= 11 is 0. The van der Waals surface area contributed by atoms with E-state index in [0.717, 1.165) is 36.2 Å². The van der Waals surface area contributed by atoms with Gasteiger partial charge in [-0.3, -0.25) is 4.79 Å². The predicted molar refractivity (Wildman–Crippen MR) is 82.8 cm³/mol. The molecule has 1 atom stereocenters. The van der Waals surface area contributed by atoms with Gasteiger partial charge >= 0.3 is 0 Å². The number of aliphatic hydroxyl groups excluding tert-OH is 1. The summed E-state index contributed by atoms with van der Waals surface area (Å²) in [5.41, 5.74) is 2.43. The van der Waals surface area contributed by atoms with E-state index in [1.54, 1.807) is 0 Å². The van der Waals surface area contributed by atoms with Crippen LogP contribution in [-0.4, -0.2) is 47.4 Å². The Morgan fingerprint density at radius 1 is 1.48 bits per heavy atom. The van der Waals surface area contributed by atoms with Gasteiger partial charge in [-0.15, -0.1) is 0 Å². The minimum atomic E-state index is -0.165. The molecule has 1 saturated heterocycles. The highest BCUT2D eigenvalue weighted by Gasteiger charge is 2.25. The van der Waals surface area contributed by atoms with Gasteiger partial charge in [0.15, 0.2) is 5.82 Å². The molecule has 112 valence electrons. The molecule has 0 bridgehead atoms. The minimum Gasteiger partial charge on any atom is -0.396 e. The van der Waals surface area contributed by atoms with Gasteiger partial charge in [0.05, 0.1) is 11.0 Å². The van der Waals surface area contributed by atoms with Gasteiger partial charge in [0.1, 0.15) is 0 Å². The van der Waals surface area contributed by atoms with E-state index >= 15 is 0 Å². The van der Waals surface area contributed by atoms with Gasteiger partial charge in [-0.1, -0.05) is 12.1 Å². The van der Waals surface area contributed by atoms with Crippen LogP contribution in [0.3, 0.4) is 0 Å². The van der Waals surface area contributed by atoms with Crippen molar-refractivity contribution in [2.24, 2.45) is 0 Å². The Labute approximate surface area is 122 Å². The number of aromatic amines is 1. The van der Waals surface area contributed by atoms with E-state index in [1.807, 2.05) is 30.0 Å². The van der Waals surface area contributed by atoms with Crippen molar-refractivity contribution in [1.29, 1.82) is 0 Å². The lowest BCUT2D eigenvalue weighted by Gasteiger charge is -2.36. The van der Waals surface area contributed by atoms with Gasteiger partial charge in [-0.2, -0.15) is 0 Å². The zero-order valence-corrected chi connectivity index (χ0v) is 12.1. The maximum Gasteiger partial charge on any atom is 0.291 e. The number of aliphatic hydroxyl groups is 1. The number of rotatable bonds is 3. The van der Waals surface area contributed by atoms with E-state index in [-0.39, 0.29) is 18.2 Å². The number of hydrogen-bond donors (Lipinski definition) is 3. The average molecular weight is 288 g/mol. The Morgan fingerprint density at radius 3 is 3.14 bits per heavy atom. The zero-order chi connectivity index (χ0) is 14.8. The molecule has 2 heterocycles. The smallest absolute Gasteiger partial charge is 0.291 e. The molecule has 0 spiro atoms. The van der Waals surface area contributed by atoms with Crippen LogP contribution in [0.4, 0.5) is 5.82 Å². The fourth-order valence-corrected chi connectivity index (χ4v) is 2.88. The van der Waals surface area contributed by atoms with Crippen molar-refractivity contribution in [3.63, 3.8) is 0 Å². The van der Waals surface area contributed by atoms with Gasteiger partial charge in [0.25, 0.3) is 5.56 Å². The molecule has 0 aliphatic carbocycles. The van der Waals surface area contributed by atoms with Crippen molar-refractivity contribution in [2.45, 2.75) is 19.4 Å². The summed E-state index contributed by atoms with van der Waals surface area (Å²) < 4.78 is 0. The molecule has 3 N–H and O–H groups in total. The number of hydrogen-bond acceptors (Lipinski definition) is 5. The van der Waals surface area contributed by atoms with E-state index < -0.39 is 0 Å². The third-order valence-electron chi connectivity index (χ3n) is 4.00. The van der Waals surface area contributed by atoms with Crippen LogP contribution in [0.15, 0.2) is 23.0 Å². The van der Waals surface area contributed by atoms with Crippen molar-refractivity contribution in [2.75, 3.05) is 31.1 Å². The second-order valence-corrected chi connectivity index (χ2v) is 5.42. The maximum absolute atomic E-state index is 12.4. The lowest BCUT2D eigenvalue weighted by molar-refractivity contribution is 0.265. The maximum atomic E-state index is 12.4. The van der Waals surface area contributed by atoms with E-state index in [1.165, 1.54) is 0 Å². The number of aromatic nitrogens is 2. The number of anilines is 1. The highest BCUT2D eigenvalue weighted by Crippen LogP contribution is 2.18. The van der Waals surface area contributed by atoms with Gasteiger partial charge in [-0.25, -0.2) is 4.98 Å². The summed E-state index contributed by atoms with van der Waals surface area (Å²) in [5, 5.41) is 12.5. The quantitative estimate of drug-likeness (QED) is 0.761. The monoisotopic (exact) mass is 288 g/mol. The molecular formula is C15H20N4O2. The summed E-state index contributed by atoms with van der Waals surface area (Å²) in [4.78, 5) is 21.9. The van der Waals surface area contributed by atoms with Crippen LogP contribution in [0.2, 0.25) is 0 Å². The summed E-state index contributed by atoms with van der Waals surface area (Å²) in [6, 6.07) is 5.90. The van der Waals surface area contributed by atoms with Crippen molar-refractivity contribution < 1.29 is 5.11 Å². The summed E-state index contributed by atoms with van der Waals surface area (Å²) in [7, 11) is 0. The second-order valence-electron chi connectivity index (χ2n) is 5.42. The third-order valence-corrected chi connectivity index (χ3v) is 4.00. The Hall–Kier alpha value is -1.92. The SMILES string of the molecule is Cc1cccc2nc(N3CCNCC3CCO)c(=O)[nH]c12. The van der Waals surface area contributed by atoms with Crippen molar-refractivity contribution in [3.05, 3.63) is 34.1 Å². The van der Waals surface area contributed by atoms with Crippen molar-refractivity contribution in [3.8, 4) is 0 Å². The lowest BCUT2D eigenvalue weighted by Crippen LogP contribution is -2.53. The largest absolute Gasteiger partial charge is 0.396 e. The molecule has 1 aliphatic rings. The molecule has 3 rings (SSSR count). The molecule has 21 heavy (non-hydrogen) atoms. The van der Waals surface area contributed by atoms with Crippen LogP contribution in [0, 0.1) is 6.92 Å². The number of para-hydroxylation sites is 1.